The molecule has 0 saturated carbocycles. The van der Waals surface area contributed by atoms with E-state index in [1.54, 1.807) is 24.3 Å². The number of furan rings is 1. The number of hydrogen-bond donors (Lipinski definition) is 1. The molecule has 0 aliphatic rings. The third-order valence-corrected chi connectivity index (χ3v) is 4.54. The number of nitrogens with zero attached hydrogens (tertiary/aromatic N) is 3. The van der Waals surface area contributed by atoms with Crippen molar-refractivity contribution in [2.24, 2.45) is 0 Å². The van der Waals surface area contributed by atoms with E-state index in [2.05, 4.69) is 15.4 Å². The van der Waals surface area contributed by atoms with E-state index in [1.807, 2.05) is 30.3 Å². The number of carbonyl (C=O) groups is 1. The Morgan fingerprint density at radius 3 is 2.61 bits per heavy atom. The number of nitrogens with one attached hydrogen (secondary N) is 1. The third kappa shape index (κ3) is 3.78. The molecule has 0 spiro atoms. The largest absolute Gasteiger partial charge is 0.461 e. The first kappa shape index (κ1) is 18.3. The Kier molecular flexibility index (Phi) is 5.14. The molecule has 8 heteroatoms. The second-order valence-electron chi connectivity index (χ2n) is 5.92. The summed E-state index contributed by atoms with van der Waals surface area (Å²) in [5.74, 6) is 0.601. The lowest BCUT2D eigenvalue weighted by Gasteiger charge is -2.08. The van der Waals surface area contributed by atoms with Gasteiger partial charge in [0.1, 0.15) is 0 Å². The van der Waals surface area contributed by atoms with Crippen LogP contribution in [-0.4, -0.2) is 20.7 Å². The van der Waals surface area contributed by atoms with Gasteiger partial charge in [0, 0.05) is 11.6 Å². The highest BCUT2D eigenvalue weighted by Gasteiger charge is 2.21. The zero-order chi connectivity index (χ0) is 19.5. The molecule has 0 aliphatic heterocycles. The summed E-state index contributed by atoms with van der Waals surface area (Å²) in [5, 5.41) is 8.14. The summed E-state index contributed by atoms with van der Waals surface area (Å²) in [5.41, 5.74) is 1.30. The van der Waals surface area contributed by atoms with Gasteiger partial charge in [-0.2, -0.15) is 9.67 Å². The number of halogens is 2. The molecule has 28 heavy (non-hydrogen) atoms. The van der Waals surface area contributed by atoms with Crippen LogP contribution in [0, 0.1) is 0 Å². The summed E-state index contributed by atoms with van der Waals surface area (Å²) in [4.78, 5) is 17.5. The fourth-order valence-electron chi connectivity index (χ4n) is 2.63. The maximum Gasteiger partial charge on any atom is 0.282 e. The Morgan fingerprint density at radius 1 is 1.07 bits per heavy atom. The maximum atomic E-state index is 13.1. The van der Waals surface area contributed by atoms with Crippen LogP contribution in [0.15, 0.2) is 71.3 Å². The van der Waals surface area contributed by atoms with Gasteiger partial charge in [0.15, 0.2) is 5.76 Å². The second-order valence-corrected chi connectivity index (χ2v) is 6.76. The molecule has 0 fully saturated rings. The van der Waals surface area contributed by atoms with E-state index in [0.29, 0.717) is 23.2 Å². The van der Waals surface area contributed by atoms with Crippen LogP contribution >= 0.6 is 23.2 Å². The van der Waals surface area contributed by atoms with Gasteiger partial charge in [-0.3, -0.25) is 4.79 Å². The third-order valence-electron chi connectivity index (χ3n) is 4.00. The zero-order valence-electron chi connectivity index (χ0n) is 14.5. The molecule has 4 rings (SSSR count). The summed E-state index contributed by atoms with van der Waals surface area (Å²) in [6.45, 7) is 0.471. The topological polar surface area (TPSA) is 73.0 Å². The maximum absolute atomic E-state index is 13.1. The molecule has 140 valence electrons. The molecular weight excluding hydrogens is 399 g/mol. The number of anilines is 1. The molecule has 2 heterocycles. The molecular formula is C20H14Cl2N4O2. The monoisotopic (exact) mass is 412 g/mol. The molecule has 1 N–H and O–H groups in total. The van der Waals surface area contributed by atoms with E-state index in [4.69, 9.17) is 27.6 Å². The lowest BCUT2D eigenvalue weighted by molar-refractivity contribution is 0.0947. The molecule has 2 aromatic carbocycles. The number of hydrogen-bond acceptors (Lipinski definition) is 5. The SMILES string of the molecule is O=C(c1ccc(Cl)cc1Cl)n1nc(-c2ccco2)nc1NCc1ccccc1. The van der Waals surface area contributed by atoms with Crippen LogP contribution < -0.4 is 5.32 Å². The average molecular weight is 413 g/mol. The average Bonchev–Trinajstić information content (AvgIpc) is 3.36. The summed E-state index contributed by atoms with van der Waals surface area (Å²) in [7, 11) is 0. The van der Waals surface area contributed by atoms with Gasteiger partial charge in [0.05, 0.1) is 16.8 Å². The van der Waals surface area contributed by atoms with Crippen LogP contribution in [0.1, 0.15) is 15.9 Å². The molecule has 0 aliphatic carbocycles. The van der Waals surface area contributed by atoms with Crippen molar-refractivity contribution in [3.8, 4) is 11.6 Å². The van der Waals surface area contributed by atoms with Gasteiger partial charge in [-0.1, -0.05) is 53.5 Å². The molecule has 0 unspecified atom stereocenters. The first-order valence-electron chi connectivity index (χ1n) is 8.40. The van der Waals surface area contributed by atoms with E-state index in [0.717, 1.165) is 5.56 Å². The van der Waals surface area contributed by atoms with Crippen molar-refractivity contribution in [1.29, 1.82) is 0 Å². The highest BCUT2D eigenvalue weighted by atomic mass is 35.5. The second kappa shape index (κ2) is 7.88. The lowest BCUT2D eigenvalue weighted by atomic mass is 10.2. The quantitative estimate of drug-likeness (QED) is 0.490. The first-order chi connectivity index (χ1) is 13.6. The minimum atomic E-state index is -0.428. The zero-order valence-corrected chi connectivity index (χ0v) is 16.0. The molecule has 0 atom stereocenters. The lowest BCUT2D eigenvalue weighted by Crippen LogP contribution is -2.18. The molecule has 0 saturated heterocycles. The number of benzene rings is 2. The highest BCUT2D eigenvalue weighted by Crippen LogP contribution is 2.24. The minimum absolute atomic E-state index is 0.238. The predicted molar refractivity (Wildman–Crippen MR) is 108 cm³/mol. The Balaban J connectivity index is 1.70. The van der Waals surface area contributed by atoms with Crippen molar-refractivity contribution in [2.45, 2.75) is 6.54 Å². The normalized spacial score (nSPS) is 10.8. The van der Waals surface area contributed by atoms with Gasteiger partial charge in [-0.15, -0.1) is 5.10 Å². The Hall–Kier alpha value is -3.09. The van der Waals surface area contributed by atoms with E-state index in [9.17, 15) is 4.79 Å². The van der Waals surface area contributed by atoms with Crippen LogP contribution in [0.2, 0.25) is 10.0 Å². The van der Waals surface area contributed by atoms with Gasteiger partial charge >= 0.3 is 0 Å². The summed E-state index contributed by atoms with van der Waals surface area (Å²) in [6, 6.07) is 17.9. The number of rotatable bonds is 5. The van der Waals surface area contributed by atoms with E-state index < -0.39 is 5.91 Å². The van der Waals surface area contributed by atoms with Gasteiger partial charge in [-0.05, 0) is 35.9 Å². The number of aromatic nitrogens is 3. The summed E-state index contributed by atoms with van der Waals surface area (Å²) in [6.07, 6.45) is 1.52. The van der Waals surface area contributed by atoms with Crippen LogP contribution in [0.25, 0.3) is 11.6 Å². The molecule has 2 aromatic heterocycles. The van der Waals surface area contributed by atoms with Crippen molar-refractivity contribution < 1.29 is 9.21 Å². The fourth-order valence-corrected chi connectivity index (χ4v) is 3.12. The van der Waals surface area contributed by atoms with Gasteiger partial charge in [-0.25, -0.2) is 0 Å². The van der Waals surface area contributed by atoms with Crippen molar-refractivity contribution in [2.75, 3.05) is 5.32 Å². The fraction of sp³-hybridized carbons (Fsp3) is 0.0500. The van der Waals surface area contributed by atoms with Crippen molar-refractivity contribution in [1.82, 2.24) is 14.8 Å². The van der Waals surface area contributed by atoms with Gasteiger partial charge in [0.2, 0.25) is 11.8 Å². The molecule has 4 aromatic rings. The summed E-state index contributed by atoms with van der Waals surface area (Å²) >= 11 is 12.1. The first-order valence-corrected chi connectivity index (χ1v) is 9.16. The van der Waals surface area contributed by atoms with Crippen LogP contribution in [0.5, 0.6) is 0 Å². The minimum Gasteiger partial charge on any atom is -0.461 e. The van der Waals surface area contributed by atoms with E-state index in [-0.39, 0.29) is 16.5 Å². The van der Waals surface area contributed by atoms with Crippen LogP contribution in [0.3, 0.4) is 0 Å². The predicted octanol–water partition coefficient (Wildman–Crippen LogP) is 5.15. The summed E-state index contributed by atoms with van der Waals surface area (Å²) < 4.78 is 6.53. The molecule has 0 amide bonds. The Morgan fingerprint density at radius 2 is 1.89 bits per heavy atom. The smallest absolute Gasteiger partial charge is 0.282 e. The molecule has 0 bridgehead atoms. The van der Waals surface area contributed by atoms with Crippen LogP contribution in [0.4, 0.5) is 5.95 Å². The van der Waals surface area contributed by atoms with Crippen molar-refractivity contribution in [3.63, 3.8) is 0 Å². The van der Waals surface area contributed by atoms with E-state index in [1.165, 1.54) is 17.0 Å². The Bertz CT molecular complexity index is 1110. The van der Waals surface area contributed by atoms with Gasteiger partial charge < -0.3 is 9.73 Å². The van der Waals surface area contributed by atoms with E-state index >= 15 is 0 Å². The molecule has 6 nitrogen and oxygen atoms in total. The van der Waals surface area contributed by atoms with Gasteiger partial charge in [0.25, 0.3) is 5.91 Å². The van der Waals surface area contributed by atoms with Crippen molar-refractivity contribution in [3.05, 3.63) is 88.1 Å². The van der Waals surface area contributed by atoms with Crippen LogP contribution in [-0.2, 0) is 6.54 Å². The molecule has 0 radical (unpaired) electrons. The highest BCUT2D eigenvalue weighted by molar-refractivity contribution is 6.36. The number of carbonyl (C=O) groups excluding carboxylic acids is 1. The standard InChI is InChI=1S/C20H14Cl2N4O2/c21-14-8-9-15(16(22)11-14)19(27)26-20(23-12-13-5-2-1-3-6-13)24-18(25-26)17-7-4-10-28-17/h1-11H,12H2,(H,23,24,25). The Labute approximate surface area is 170 Å². The van der Waals surface area contributed by atoms with Crippen molar-refractivity contribution >= 4 is 35.1 Å².